The molecule has 0 heterocycles. The Balaban J connectivity index is -0.000000000833. The molecule has 0 aromatic rings. The van der Waals surface area contributed by atoms with Gasteiger partial charge in [0, 0.05) is 0 Å². The summed E-state index contributed by atoms with van der Waals surface area (Å²) in [4.78, 5) is 0. The molecule has 0 bridgehead atoms. The van der Waals surface area contributed by atoms with Crippen molar-refractivity contribution in [1.29, 1.82) is 0 Å². The van der Waals surface area contributed by atoms with Crippen molar-refractivity contribution in [2.75, 3.05) is 0 Å². The third-order valence-electron chi connectivity index (χ3n) is 0. The Labute approximate surface area is 66.5 Å². The van der Waals surface area contributed by atoms with E-state index in [9.17, 15) is 0 Å². The maximum atomic E-state index is 2.14. The highest BCUT2D eigenvalue weighted by molar-refractivity contribution is 6.05. The highest BCUT2D eigenvalue weighted by Gasteiger charge is 0.962. The summed E-state index contributed by atoms with van der Waals surface area (Å²) in [5.41, 5.74) is 0. The predicted molar refractivity (Wildman–Crippen MR) is 44.8 cm³/mol. The van der Waals surface area contributed by atoms with E-state index in [1.54, 1.807) is 0 Å². The monoisotopic (exact) mass is 190 g/mol. The van der Waals surface area contributed by atoms with E-state index in [1.165, 1.54) is 10.2 Å². The Morgan fingerprint density at radius 3 is 0.667 bits per heavy atom. The van der Waals surface area contributed by atoms with E-state index < -0.39 is 0 Å². The molecule has 6 heavy (non-hydrogen) atoms. The Morgan fingerprint density at radius 2 is 0.667 bits per heavy atom. The lowest BCUT2D eigenvalue weighted by Gasteiger charge is -1.04. The van der Waals surface area contributed by atoms with Gasteiger partial charge in [0.25, 0.3) is 0 Å². The van der Waals surface area contributed by atoms with E-state index >= 15 is 0 Å². The molecule has 0 spiro atoms. The zero-order chi connectivity index (χ0) is 2.00. The van der Waals surface area contributed by atoms with Crippen molar-refractivity contribution in [3.05, 3.63) is 0 Å². The lowest BCUT2D eigenvalue weighted by molar-refractivity contribution is 2.40. The molecule has 0 rings (SSSR count). The van der Waals surface area contributed by atoms with Crippen LogP contribution in [0.15, 0.2) is 0 Å². The summed E-state index contributed by atoms with van der Waals surface area (Å²) in [6.45, 7) is 2.14. The van der Waals surface area contributed by atoms with Gasteiger partial charge in [0.15, 0.2) is 0 Å². The lowest BCUT2D eigenvalue weighted by Crippen LogP contribution is -1.13. The van der Waals surface area contributed by atoms with Gasteiger partial charge in [-0.1, -0.05) is 6.55 Å². The van der Waals surface area contributed by atoms with Gasteiger partial charge in [-0.3, -0.25) is 0 Å². The number of hydrogen-bond donors (Lipinski definition) is 0. The molecule has 0 atom stereocenters. The second kappa shape index (κ2) is 97.2. The second-order valence-electron chi connectivity index (χ2n) is 0. The van der Waals surface area contributed by atoms with Gasteiger partial charge in [-0.2, -0.15) is 0 Å². The summed E-state index contributed by atoms with van der Waals surface area (Å²) >= 11 is 0. The van der Waals surface area contributed by atoms with Crippen LogP contribution in [0.3, 0.4) is 0 Å². The van der Waals surface area contributed by atoms with Gasteiger partial charge in [0.1, 0.15) is 0 Å². The van der Waals surface area contributed by atoms with Crippen LogP contribution < -0.4 is 0 Å². The maximum Gasteiger partial charge on any atom is -0.000585 e. The molecule has 0 amide bonds. The van der Waals surface area contributed by atoms with Crippen LogP contribution in [-0.2, 0) is 0 Å². The molecule has 0 unspecified atom stereocenters. The Bertz CT molecular complexity index is 7.51. The van der Waals surface area contributed by atoms with Gasteiger partial charge in [0.2, 0.25) is 0 Å². The van der Waals surface area contributed by atoms with Crippen molar-refractivity contribution in [2.24, 2.45) is 0 Å². The lowest BCUT2D eigenvalue weighted by atomic mass is 11.9. The van der Waals surface area contributed by atoms with Crippen molar-refractivity contribution in [3.8, 4) is 0 Å². The van der Waals surface area contributed by atoms with Crippen LogP contribution >= 0.6 is 49.6 Å². The molecular weight excluding hydrogens is 182 g/mol. The Hall–Kier alpha value is 1.38. The molecule has 0 N–H and O–H groups in total. The molecule has 0 fully saturated rings. The quantitative estimate of drug-likeness (QED) is 0.504. The molecule has 5 heteroatoms. The van der Waals surface area contributed by atoms with Gasteiger partial charge in [-0.15, -0.1) is 49.6 Å². The minimum atomic E-state index is 0. The van der Waals surface area contributed by atoms with Crippen molar-refractivity contribution >= 4 is 59.9 Å². The summed E-state index contributed by atoms with van der Waals surface area (Å²) in [6, 6.07) is 0. The highest BCUT2D eigenvalue weighted by atomic mass is 35.5. The van der Waals surface area contributed by atoms with Gasteiger partial charge >= 0.3 is 0 Å². The van der Waals surface area contributed by atoms with Crippen molar-refractivity contribution in [1.82, 2.24) is 0 Å². The third-order valence-corrected chi connectivity index (χ3v) is 0. The third kappa shape index (κ3) is 54.3. The van der Waals surface area contributed by atoms with Crippen LogP contribution in [0.25, 0.3) is 0 Å². The summed E-state index contributed by atoms with van der Waals surface area (Å²) in [7, 11) is 1.31. The summed E-state index contributed by atoms with van der Waals surface area (Å²) in [5.74, 6) is 0. The summed E-state index contributed by atoms with van der Waals surface area (Å²) < 4.78 is 0. The van der Waals surface area contributed by atoms with Crippen molar-refractivity contribution < 1.29 is 0 Å². The molecule has 0 aromatic heterocycles. The zero-order valence-corrected chi connectivity index (χ0v) is 8.90. The molecule has 0 radical (unpaired) electrons. The number of rotatable bonds is 0. The fraction of sp³-hybridized carbons (Fsp3) is 1.00. The van der Waals surface area contributed by atoms with E-state index in [0.717, 1.165) is 0 Å². The number of hydrogen-bond acceptors (Lipinski definition) is 0. The Morgan fingerprint density at radius 1 is 0.667 bits per heavy atom. The molecule has 0 aliphatic carbocycles. The normalized spacial score (nSPS) is 1.50. The minimum absolute atomic E-state index is 0. The van der Waals surface area contributed by atoms with E-state index in [-0.39, 0.29) is 49.6 Å². The topological polar surface area (TPSA) is 0 Å². The van der Waals surface area contributed by atoms with E-state index in [1.807, 2.05) is 0 Å². The minimum Gasteiger partial charge on any atom is -0.147 e. The average Bonchev–Trinajstić information content (AvgIpc) is 1.00. The SMILES string of the molecule is C[SiH3].Cl.Cl.Cl.Cl. The van der Waals surface area contributed by atoms with E-state index in [0.29, 0.717) is 0 Å². The van der Waals surface area contributed by atoms with Gasteiger partial charge in [-0.25, -0.2) is 0 Å². The summed E-state index contributed by atoms with van der Waals surface area (Å²) in [6.07, 6.45) is 0. The first-order valence-electron chi connectivity index (χ1n) is 1.00. The van der Waals surface area contributed by atoms with Crippen LogP contribution in [-0.4, -0.2) is 10.2 Å². The molecule has 0 aromatic carbocycles. The molecule has 0 nitrogen and oxygen atoms in total. The fourth-order valence-electron chi connectivity index (χ4n) is 0. The molecule has 0 saturated heterocycles. The molecule has 46 valence electrons. The first kappa shape index (κ1) is 53.1. The molecule has 0 aliphatic rings. The molecule has 0 saturated carbocycles. The van der Waals surface area contributed by atoms with Gasteiger partial charge in [-0.05, 0) is 10.2 Å². The van der Waals surface area contributed by atoms with Crippen LogP contribution in [0.4, 0.5) is 0 Å². The van der Waals surface area contributed by atoms with Gasteiger partial charge in [0.05, 0.1) is 0 Å². The van der Waals surface area contributed by atoms with Gasteiger partial charge < -0.3 is 0 Å². The van der Waals surface area contributed by atoms with Crippen molar-refractivity contribution in [2.45, 2.75) is 6.55 Å². The number of halogens is 4. The van der Waals surface area contributed by atoms with Crippen LogP contribution in [0.2, 0.25) is 6.55 Å². The second-order valence-corrected chi connectivity index (χ2v) is 0. The molecular formula is CH10Cl4Si. The predicted octanol–water partition coefficient (Wildman–Crippen LogP) is 1.09. The smallest absolute Gasteiger partial charge is 0.000585 e. The van der Waals surface area contributed by atoms with Crippen molar-refractivity contribution in [3.63, 3.8) is 0 Å². The highest BCUT2D eigenvalue weighted by Crippen LogP contribution is 0.960. The first-order valence-corrected chi connectivity index (χ1v) is 3.00. The van der Waals surface area contributed by atoms with E-state index in [4.69, 9.17) is 0 Å². The Kier molecular flexibility index (Phi) is 861. The van der Waals surface area contributed by atoms with Crippen LogP contribution in [0.5, 0.6) is 0 Å². The largest absolute Gasteiger partial charge is 0.147 e. The van der Waals surface area contributed by atoms with E-state index in [2.05, 4.69) is 6.55 Å². The molecule has 0 aliphatic heterocycles. The zero-order valence-electron chi connectivity index (χ0n) is 3.63. The maximum absolute atomic E-state index is 2.14. The standard InChI is InChI=1S/CH6Si.4ClH/c1-2;;;;/h1-2H3;4*1H. The fourth-order valence-corrected chi connectivity index (χ4v) is 0. The van der Waals surface area contributed by atoms with Crippen LogP contribution in [0, 0.1) is 0 Å². The summed E-state index contributed by atoms with van der Waals surface area (Å²) in [5, 5.41) is 0. The average molecular weight is 192 g/mol. The first-order chi connectivity index (χ1) is 1.00. The van der Waals surface area contributed by atoms with Crippen LogP contribution in [0.1, 0.15) is 0 Å².